The van der Waals surface area contributed by atoms with Gasteiger partial charge in [0.05, 0.1) is 19.0 Å². The molecule has 5 nitrogen and oxygen atoms in total. The van der Waals surface area contributed by atoms with Gasteiger partial charge in [0.25, 0.3) is 5.91 Å². The van der Waals surface area contributed by atoms with Crippen molar-refractivity contribution in [2.75, 3.05) is 7.11 Å². The van der Waals surface area contributed by atoms with Gasteiger partial charge in [-0.25, -0.2) is 5.43 Å². The van der Waals surface area contributed by atoms with Crippen molar-refractivity contribution in [2.24, 2.45) is 5.10 Å². The van der Waals surface area contributed by atoms with Gasteiger partial charge < -0.3 is 9.72 Å². The van der Waals surface area contributed by atoms with Crippen LogP contribution in [0.4, 0.5) is 0 Å². The van der Waals surface area contributed by atoms with Crippen LogP contribution in [0.1, 0.15) is 16.1 Å². The maximum atomic E-state index is 11.9. The zero-order chi connectivity index (χ0) is 15.4. The monoisotopic (exact) mass is 293 g/mol. The fourth-order valence-corrected chi connectivity index (χ4v) is 2.13. The molecule has 1 aromatic heterocycles. The van der Waals surface area contributed by atoms with E-state index in [1.807, 2.05) is 30.3 Å². The second kappa shape index (κ2) is 6.13. The van der Waals surface area contributed by atoms with Crippen molar-refractivity contribution in [2.45, 2.75) is 0 Å². The molecule has 0 atom stereocenters. The number of methoxy groups -OCH3 is 1. The minimum Gasteiger partial charge on any atom is -0.497 e. The third-order valence-electron chi connectivity index (χ3n) is 3.27. The van der Waals surface area contributed by atoms with Crippen LogP contribution < -0.4 is 10.2 Å². The van der Waals surface area contributed by atoms with Crippen LogP contribution in [0.3, 0.4) is 0 Å². The molecule has 3 aromatic rings. The Morgan fingerprint density at radius 2 is 1.95 bits per heavy atom. The summed E-state index contributed by atoms with van der Waals surface area (Å²) in [5.74, 6) is 0.438. The van der Waals surface area contributed by atoms with Crippen LogP contribution in [0.15, 0.2) is 59.7 Å². The van der Waals surface area contributed by atoms with Crippen molar-refractivity contribution in [3.05, 3.63) is 65.9 Å². The molecule has 0 saturated carbocycles. The van der Waals surface area contributed by atoms with E-state index in [0.29, 0.717) is 11.3 Å². The van der Waals surface area contributed by atoms with Crippen molar-refractivity contribution in [3.63, 3.8) is 0 Å². The molecule has 2 N–H and O–H groups in total. The average molecular weight is 293 g/mol. The Kier molecular flexibility index (Phi) is 3.87. The first-order valence-electron chi connectivity index (χ1n) is 6.81. The summed E-state index contributed by atoms with van der Waals surface area (Å²) in [7, 11) is 1.58. The zero-order valence-electron chi connectivity index (χ0n) is 12.0. The number of aromatic nitrogens is 1. The second-order valence-corrected chi connectivity index (χ2v) is 4.74. The summed E-state index contributed by atoms with van der Waals surface area (Å²) in [6.07, 6.45) is 1.58. The van der Waals surface area contributed by atoms with Gasteiger partial charge in [0.2, 0.25) is 0 Å². The first kappa shape index (κ1) is 13.9. The van der Waals surface area contributed by atoms with Gasteiger partial charge >= 0.3 is 0 Å². The molecule has 2 aromatic carbocycles. The standard InChI is InChI=1S/C17H15N3O2/c1-22-15-8-6-12(7-9-15)17(21)20-18-11-14-10-13-4-2-3-5-16(13)19-14/h2-11,19H,1H3,(H,20,21)/b18-11+. The molecule has 0 unspecified atom stereocenters. The van der Waals surface area contributed by atoms with Gasteiger partial charge in [-0.3, -0.25) is 4.79 Å². The Bertz CT molecular complexity index is 786. The lowest BCUT2D eigenvalue weighted by molar-refractivity contribution is 0.0955. The molecule has 0 spiro atoms. The first-order chi connectivity index (χ1) is 10.8. The highest BCUT2D eigenvalue weighted by Crippen LogP contribution is 2.13. The number of carbonyl (C=O) groups excluding carboxylic acids is 1. The number of ether oxygens (including phenoxy) is 1. The molecule has 0 radical (unpaired) electrons. The fourth-order valence-electron chi connectivity index (χ4n) is 2.13. The summed E-state index contributed by atoms with van der Waals surface area (Å²) >= 11 is 0. The van der Waals surface area contributed by atoms with Gasteiger partial charge in [-0.05, 0) is 36.4 Å². The minimum absolute atomic E-state index is 0.269. The number of hydrogen-bond acceptors (Lipinski definition) is 3. The number of carbonyl (C=O) groups is 1. The molecule has 5 heteroatoms. The molecule has 0 aliphatic carbocycles. The number of amides is 1. The van der Waals surface area contributed by atoms with Gasteiger partial charge in [0.1, 0.15) is 5.75 Å². The maximum Gasteiger partial charge on any atom is 0.271 e. The summed E-state index contributed by atoms with van der Waals surface area (Å²) < 4.78 is 5.05. The number of hydrogen-bond donors (Lipinski definition) is 2. The molecule has 3 rings (SSSR count). The molecule has 110 valence electrons. The number of aromatic amines is 1. The Hall–Kier alpha value is -3.08. The van der Waals surface area contributed by atoms with Crippen LogP contribution in [-0.4, -0.2) is 24.2 Å². The molecule has 0 fully saturated rings. The molecule has 0 saturated heterocycles. The molecule has 1 heterocycles. The predicted molar refractivity (Wildman–Crippen MR) is 86.4 cm³/mol. The Morgan fingerprint density at radius 3 is 2.68 bits per heavy atom. The van der Waals surface area contributed by atoms with Crippen molar-refractivity contribution in [3.8, 4) is 5.75 Å². The van der Waals surface area contributed by atoms with Crippen molar-refractivity contribution >= 4 is 23.0 Å². The third kappa shape index (κ3) is 2.98. The highest BCUT2D eigenvalue weighted by atomic mass is 16.5. The van der Waals surface area contributed by atoms with Gasteiger partial charge in [-0.1, -0.05) is 18.2 Å². The van der Waals surface area contributed by atoms with Crippen LogP contribution >= 0.6 is 0 Å². The molecular formula is C17H15N3O2. The number of nitrogens with one attached hydrogen (secondary N) is 2. The number of hydrazone groups is 1. The summed E-state index contributed by atoms with van der Waals surface area (Å²) in [5, 5.41) is 5.07. The molecule has 1 amide bonds. The number of benzene rings is 2. The van der Waals surface area contributed by atoms with E-state index in [2.05, 4.69) is 15.5 Å². The van der Waals surface area contributed by atoms with Crippen molar-refractivity contribution in [1.29, 1.82) is 0 Å². The predicted octanol–water partition coefficient (Wildman–Crippen LogP) is 2.94. The molecule has 22 heavy (non-hydrogen) atoms. The smallest absolute Gasteiger partial charge is 0.271 e. The van der Waals surface area contributed by atoms with Crippen LogP contribution in [0.5, 0.6) is 5.75 Å². The lowest BCUT2D eigenvalue weighted by Gasteiger charge is -2.01. The van der Waals surface area contributed by atoms with E-state index < -0.39 is 0 Å². The molecule has 0 aliphatic rings. The maximum absolute atomic E-state index is 11.9. The minimum atomic E-state index is -0.269. The van der Waals surface area contributed by atoms with Crippen LogP contribution in [0, 0.1) is 0 Å². The normalized spacial score (nSPS) is 11.0. The van der Waals surface area contributed by atoms with E-state index in [1.54, 1.807) is 37.6 Å². The summed E-state index contributed by atoms with van der Waals surface area (Å²) in [5.41, 5.74) is 4.88. The van der Waals surface area contributed by atoms with Crippen LogP contribution in [-0.2, 0) is 0 Å². The quantitative estimate of drug-likeness (QED) is 0.573. The Balaban J connectivity index is 1.66. The number of para-hydroxylation sites is 1. The second-order valence-electron chi connectivity index (χ2n) is 4.74. The number of nitrogens with zero attached hydrogens (tertiary/aromatic N) is 1. The zero-order valence-corrected chi connectivity index (χ0v) is 12.0. The van der Waals surface area contributed by atoms with Gasteiger partial charge in [-0.2, -0.15) is 5.10 Å². The van der Waals surface area contributed by atoms with Gasteiger partial charge in [0.15, 0.2) is 0 Å². The van der Waals surface area contributed by atoms with E-state index in [1.165, 1.54) is 0 Å². The molecule has 0 aliphatic heterocycles. The fraction of sp³-hybridized carbons (Fsp3) is 0.0588. The van der Waals surface area contributed by atoms with E-state index in [9.17, 15) is 4.79 Å². The Morgan fingerprint density at radius 1 is 1.18 bits per heavy atom. The topological polar surface area (TPSA) is 66.5 Å². The highest BCUT2D eigenvalue weighted by molar-refractivity contribution is 5.95. The number of rotatable bonds is 4. The summed E-state index contributed by atoms with van der Waals surface area (Å²) in [4.78, 5) is 15.1. The van der Waals surface area contributed by atoms with E-state index in [-0.39, 0.29) is 5.91 Å². The lowest BCUT2D eigenvalue weighted by atomic mass is 10.2. The SMILES string of the molecule is COc1ccc(C(=O)N/N=C/c2cc3ccccc3[nH]2)cc1. The highest BCUT2D eigenvalue weighted by Gasteiger charge is 2.04. The Labute approximate surface area is 127 Å². The van der Waals surface area contributed by atoms with Crippen LogP contribution in [0.25, 0.3) is 10.9 Å². The van der Waals surface area contributed by atoms with Crippen molar-refractivity contribution < 1.29 is 9.53 Å². The summed E-state index contributed by atoms with van der Waals surface area (Å²) in [6.45, 7) is 0. The van der Waals surface area contributed by atoms with E-state index in [4.69, 9.17) is 4.74 Å². The van der Waals surface area contributed by atoms with E-state index in [0.717, 1.165) is 16.6 Å². The summed E-state index contributed by atoms with van der Waals surface area (Å²) in [6, 6.07) is 16.7. The molecule has 0 bridgehead atoms. The van der Waals surface area contributed by atoms with Crippen molar-refractivity contribution in [1.82, 2.24) is 10.4 Å². The average Bonchev–Trinajstić information content (AvgIpc) is 2.97. The van der Waals surface area contributed by atoms with Gasteiger partial charge in [-0.15, -0.1) is 0 Å². The molecular weight excluding hydrogens is 278 g/mol. The van der Waals surface area contributed by atoms with Crippen LogP contribution in [0.2, 0.25) is 0 Å². The number of H-pyrrole nitrogens is 1. The van der Waals surface area contributed by atoms with E-state index >= 15 is 0 Å². The number of fused-ring (bicyclic) bond motifs is 1. The van der Waals surface area contributed by atoms with Gasteiger partial charge in [0, 0.05) is 16.5 Å². The lowest BCUT2D eigenvalue weighted by Crippen LogP contribution is -2.17. The largest absolute Gasteiger partial charge is 0.497 e. The first-order valence-corrected chi connectivity index (χ1v) is 6.81. The third-order valence-corrected chi connectivity index (χ3v) is 3.27.